The molecule has 0 bridgehead atoms. The summed E-state index contributed by atoms with van der Waals surface area (Å²) in [5.74, 6) is 0.268. The van der Waals surface area contributed by atoms with Crippen LogP contribution in [0.4, 0.5) is 11.4 Å². The van der Waals surface area contributed by atoms with Gasteiger partial charge >= 0.3 is 0 Å². The van der Waals surface area contributed by atoms with Crippen LogP contribution in [0.3, 0.4) is 0 Å². The van der Waals surface area contributed by atoms with E-state index in [4.69, 9.17) is 23.2 Å². The third kappa shape index (κ3) is 4.90. The minimum Gasteiger partial charge on any atom is -0.371 e. The van der Waals surface area contributed by atoms with Crippen LogP contribution in [0, 0.1) is 5.92 Å². The SMILES string of the molecule is CC1CCN(c2ccc(NC(=O)c3ccc(Cl)cc3Cl)cc2C(=O)NC2CC2)CC1. The van der Waals surface area contributed by atoms with E-state index in [1.165, 1.54) is 6.07 Å². The highest BCUT2D eigenvalue weighted by Crippen LogP contribution is 2.30. The Hall–Kier alpha value is -2.24. The fourth-order valence-corrected chi connectivity index (χ4v) is 4.18. The van der Waals surface area contributed by atoms with Gasteiger partial charge in [0.2, 0.25) is 0 Å². The lowest BCUT2D eigenvalue weighted by molar-refractivity contribution is 0.0950. The van der Waals surface area contributed by atoms with Crippen LogP contribution < -0.4 is 15.5 Å². The number of carbonyl (C=O) groups excluding carboxylic acids is 2. The van der Waals surface area contributed by atoms with Crippen molar-refractivity contribution in [3.8, 4) is 0 Å². The number of amides is 2. The molecule has 0 unspecified atom stereocenters. The molecule has 2 aromatic rings. The zero-order valence-corrected chi connectivity index (χ0v) is 18.4. The average Bonchev–Trinajstić information content (AvgIpc) is 3.52. The monoisotopic (exact) mass is 445 g/mol. The van der Waals surface area contributed by atoms with Crippen molar-refractivity contribution < 1.29 is 9.59 Å². The number of anilines is 2. The Labute approximate surface area is 186 Å². The highest BCUT2D eigenvalue weighted by atomic mass is 35.5. The molecule has 1 aliphatic carbocycles. The number of halogens is 2. The quantitative estimate of drug-likeness (QED) is 0.649. The van der Waals surface area contributed by atoms with Crippen LogP contribution in [0.25, 0.3) is 0 Å². The maximum Gasteiger partial charge on any atom is 0.257 e. The number of piperidine rings is 1. The summed E-state index contributed by atoms with van der Waals surface area (Å²) in [6, 6.07) is 10.5. The highest BCUT2D eigenvalue weighted by Gasteiger charge is 2.27. The molecule has 4 rings (SSSR count). The van der Waals surface area contributed by atoms with Gasteiger partial charge in [-0.15, -0.1) is 0 Å². The predicted molar refractivity (Wildman–Crippen MR) is 122 cm³/mol. The second-order valence-corrected chi connectivity index (χ2v) is 9.07. The van der Waals surface area contributed by atoms with Gasteiger partial charge in [0, 0.05) is 35.5 Å². The Kier molecular flexibility index (Phi) is 6.21. The normalized spacial score (nSPS) is 17.0. The molecule has 1 heterocycles. The Bertz CT molecular complexity index is 967. The fourth-order valence-electron chi connectivity index (χ4n) is 3.68. The average molecular weight is 446 g/mol. The summed E-state index contributed by atoms with van der Waals surface area (Å²) < 4.78 is 0. The zero-order chi connectivity index (χ0) is 21.3. The van der Waals surface area contributed by atoms with Gasteiger partial charge in [-0.1, -0.05) is 30.1 Å². The van der Waals surface area contributed by atoms with Gasteiger partial charge in [-0.2, -0.15) is 0 Å². The van der Waals surface area contributed by atoms with Gasteiger partial charge in [-0.3, -0.25) is 9.59 Å². The molecule has 0 spiro atoms. The molecule has 1 saturated carbocycles. The van der Waals surface area contributed by atoms with E-state index in [2.05, 4.69) is 22.5 Å². The van der Waals surface area contributed by atoms with Gasteiger partial charge in [0.05, 0.1) is 16.1 Å². The first-order valence-corrected chi connectivity index (χ1v) is 11.1. The second kappa shape index (κ2) is 8.86. The van der Waals surface area contributed by atoms with Crippen molar-refractivity contribution in [2.24, 2.45) is 5.92 Å². The van der Waals surface area contributed by atoms with Crippen LogP contribution in [0.1, 0.15) is 53.3 Å². The van der Waals surface area contributed by atoms with Crippen LogP contribution in [0.2, 0.25) is 10.0 Å². The third-order valence-corrected chi connectivity index (χ3v) is 6.26. The first kappa shape index (κ1) is 21.0. The van der Waals surface area contributed by atoms with E-state index < -0.39 is 0 Å². The van der Waals surface area contributed by atoms with Crippen molar-refractivity contribution >= 4 is 46.4 Å². The van der Waals surface area contributed by atoms with E-state index in [1.54, 1.807) is 18.2 Å². The van der Waals surface area contributed by atoms with Crippen molar-refractivity contribution in [2.75, 3.05) is 23.3 Å². The molecule has 0 atom stereocenters. The lowest BCUT2D eigenvalue weighted by atomic mass is 9.97. The first-order chi connectivity index (χ1) is 14.4. The largest absolute Gasteiger partial charge is 0.371 e. The van der Waals surface area contributed by atoms with Crippen molar-refractivity contribution in [1.82, 2.24) is 5.32 Å². The summed E-state index contributed by atoms with van der Waals surface area (Å²) in [6.45, 7) is 4.12. The molecule has 2 amide bonds. The van der Waals surface area contributed by atoms with Crippen LogP contribution in [0.5, 0.6) is 0 Å². The first-order valence-electron chi connectivity index (χ1n) is 10.4. The fraction of sp³-hybridized carbons (Fsp3) is 0.391. The lowest BCUT2D eigenvalue weighted by Gasteiger charge is -2.33. The van der Waals surface area contributed by atoms with Gasteiger partial charge in [-0.05, 0) is 68.0 Å². The van der Waals surface area contributed by atoms with Crippen molar-refractivity contribution in [3.63, 3.8) is 0 Å². The van der Waals surface area contributed by atoms with Crippen LogP contribution >= 0.6 is 23.2 Å². The van der Waals surface area contributed by atoms with E-state index in [-0.39, 0.29) is 22.9 Å². The van der Waals surface area contributed by atoms with Gasteiger partial charge in [-0.25, -0.2) is 0 Å². The number of hydrogen-bond acceptors (Lipinski definition) is 3. The maximum absolute atomic E-state index is 12.9. The summed E-state index contributed by atoms with van der Waals surface area (Å²) in [5, 5.41) is 6.68. The summed E-state index contributed by atoms with van der Waals surface area (Å²) in [6.07, 6.45) is 4.26. The second-order valence-electron chi connectivity index (χ2n) is 8.23. The molecule has 2 aliphatic rings. The number of rotatable bonds is 5. The minimum absolute atomic E-state index is 0.0910. The molecule has 1 saturated heterocycles. The maximum atomic E-state index is 12.9. The predicted octanol–water partition coefficient (Wildman–Crippen LogP) is 5.37. The van der Waals surface area contributed by atoms with Crippen molar-refractivity contribution in [2.45, 2.75) is 38.6 Å². The molecule has 2 N–H and O–H groups in total. The third-order valence-electron chi connectivity index (χ3n) is 5.71. The van der Waals surface area contributed by atoms with Gasteiger partial charge < -0.3 is 15.5 Å². The Morgan fingerprint density at radius 2 is 1.67 bits per heavy atom. The molecular formula is C23H25Cl2N3O2. The van der Waals surface area contributed by atoms with Crippen LogP contribution in [0.15, 0.2) is 36.4 Å². The Morgan fingerprint density at radius 1 is 0.933 bits per heavy atom. The number of hydrogen-bond donors (Lipinski definition) is 2. The smallest absolute Gasteiger partial charge is 0.257 e. The van der Waals surface area contributed by atoms with Gasteiger partial charge in [0.25, 0.3) is 11.8 Å². The van der Waals surface area contributed by atoms with Crippen LogP contribution in [-0.2, 0) is 0 Å². The Morgan fingerprint density at radius 3 is 2.33 bits per heavy atom. The molecule has 0 radical (unpaired) electrons. The van der Waals surface area contributed by atoms with Crippen molar-refractivity contribution in [3.05, 3.63) is 57.6 Å². The highest BCUT2D eigenvalue weighted by molar-refractivity contribution is 6.37. The molecule has 5 nitrogen and oxygen atoms in total. The molecule has 2 aromatic carbocycles. The summed E-state index contributed by atoms with van der Waals surface area (Å²) in [5.41, 5.74) is 2.40. The summed E-state index contributed by atoms with van der Waals surface area (Å²) >= 11 is 12.1. The molecule has 7 heteroatoms. The van der Waals surface area contributed by atoms with E-state index in [0.717, 1.165) is 44.5 Å². The molecule has 158 valence electrons. The molecule has 30 heavy (non-hydrogen) atoms. The standard InChI is InChI=1S/C23H25Cl2N3O2/c1-14-8-10-28(11-9-14)21-7-5-17(13-19(21)23(30)26-16-3-4-16)27-22(29)18-6-2-15(24)12-20(18)25/h2,5-7,12-14,16H,3-4,8-11H2,1H3,(H,26,30)(H,27,29). The number of carbonyl (C=O) groups is 2. The topological polar surface area (TPSA) is 61.4 Å². The molecule has 0 aromatic heterocycles. The van der Waals surface area contributed by atoms with E-state index in [1.807, 2.05) is 12.1 Å². The van der Waals surface area contributed by atoms with Crippen LogP contribution in [-0.4, -0.2) is 30.9 Å². The van der Waals surface area contributed by atoms with Gasteiger partial charge in [0.15, 0.2) is 0 Å². The lowest BCUT2D eigenvalue weighted by Crippen LogP contribution is -2.35. The van der Waals surface area contributed by atoms with E-state index >= 15 is 0 Å². The number of benzene rings is 2. The summed E-state index contributed by atoms with van der Waals surface area (Å²) in [4.78, 5) is 27.9. The van der Waals surface area contributed by atoms with E-state index in [9.17, 15) is 9.59 Å². The minimum atomic E-state index is -0.343. The van der Waals surface area contributed by atoms with Gasteiger partial charge in [0.1, 0.15) is 0 Å². The number of nitrogens with zero attached hydrogens (tertiary/aromatic N) is 1. The summed E-state index contributed by atoms with van der Waals surface area (Å²) in [7, 11) is 0. The molecule has 2 fully saturated rings. The molecule has 1 aliphatic heterocycles. The van der Waals surface area contributed by atoms with E-state index in [0.29, 0.717) is 27.8 Å². The Balaban J connectivity index is 1.59. The number of nitrogens with one attached hydrogen (secondary N) is 2. The van der Waals surface area contributed by atoms with Crippen molar-refractivity contribution in [1.29, 1.82) is 0 Å². The molecular weight excluding hydrogens is 421 g/mol. The zero-order valence-electron chi connectivity index (χ0n) is 16.9.